The molecule has 2 unspecified atom stereocenters. The number of likely N-dealkylation sites (tertiary alicyclic amines) is 1. The summed E-state index contributed by atoms with van der Waals surface area (Å²) in [6, 6.07) is 1.26. The molecule has 30 heavy (non-hydrogen) atoms. The molecule has 2 heterocycles. The molecule has 2 aliphatic carbocycles. The van der Waals surface area contributed by atoms with Crippen molar-refractivity contribution in [2.24, 2.45) is 11.7 Å². The van der Waals surface area contributed by atoms with Crippen LogP contribution in [0.25, 0.3) is 0 Å². The Kier molecular flexibility index (Phi) is 5.56. The molecule has 1 aromatic rings. The summed E-state index contributed by atoms with van der Waals surface area (Å²) in [5, 5.41) is 9.44. The zero-order valence-corrected chi connectivity index (χ0v) is 16.8. The monoisotopic (exact) mass is 413 g/mol. The fraction of sp³-hybridized carbons (Fsp3) is 0.391. The molecule has 3 aliphatic rings. The van der Waals surface area contributed by atoms with Crippen LogP contribution in [0, 0.1) is 11.7 Å². The molecule has 1 saturated heterocycles. The summed E-state index contributed by atoms with van der Waals surface area (Å²) in [7, 11) is 0. The maximum Gasteiger partial charge on any atom is 0.335 e. The lowest BCUT2D eigenvalue weighted by molar-refractivity contribution is -0.132. The lowest BCUT2D eigenvalue weighted by Gasteiger charge is -2.32. The Morgan fingerprint density at radius 3 is 2.97 bits per heavy atom. The third-order valence-corrected chi connectivity index (χ3v) is 5.96. The number of hydrogen-bond acceptors (Lipinski definition) is 4. The van der Waals surface area contributed by atoms with Crippen LogP contribution in [0.4, 0.5) is 8.78 Å². The maximum atomic E-state index is 15.0. The van der Waals surface area contributed by atoms with E-state index in [4.69, 9.17) is 5.73 Å². The molecular weight excluding hydrogens is 388 g/mol. The van der Waals surface area contributed by atoms with Gasteiger partial charge in [-0.1, -0.05) is 12.2 Å². The number of hydrogen-bond donors (Lipinski definition) is 2. The number of fused-ring (bicyclic) bond motifs is 1. The molecule has 7 heteroatoms. The highest BCUT2D eigenvalue weighted by molar-refractivity contribution is 5.93. The number of carboxylic acid groups (broad SMARTS) is 1. The fourth-order valence-corrected chi connectivity index (χ4v) is 4.50. The van der Waals surface area contributed by atoms with Crippen LogP contribution in [-0.4, -0.2) is 33.5 Å². The first-order chi connectivity index (χ1) is 14.3. The largest absolute Gasteiger partial charge is 0.478 e. The van der Waals surface area contributed by atoms with Crippen LogP contribution in [-0.2, 0) is 11.2 Å². The van der Waals surface area contributed by atoms with Crippen molar-refractivity contribution in [1.29, 1.82) is 0 Å². The Morgan fingerprint density at radius 2 is 2.23 bits per heavy atom. The molecule has 0 aromatic carbocycles. The van der Waals surface area contributed by atoms with E-state index < -0.39 is 11.8 Å². The molecule has 0 radical (unpaired) electrons. The summed E-state index contributed by atoms with van der Waals surface area (Å²) in [5.41, 5.74) is 8.53. The Labute approximate surface area is 174 Å². The minimum atomic E-state index is -1.03. The first-order valence-electron chi connectivity index (χ1n) is 10.3. The summed E-state index contributed by atoms with van der Waals surface area (Å²) in [6.45, 7) is 2.52. The van der Waals surface area contributed by atoms with Gasteiger partial charge in [0.25, 0.3) is 0 Å². The summed E-state index contributed by atoms with van der Waals surface area (Å²) in [6.07, 6.45) is 10.4. The molecule has 1 fully saturated rings. The number of carbonyl (C=O) groups is 1. The molecule has 3 atom stereocenters. The topological polar surface area (TPSA) is 79.5 Å². The number of carboxylic acids is 1. The van der Waals surface area contributed by atoms with E-state index in [1.807, 2.05) is 11.8 Å². The van der Waals surface area contributed by atoms with E-state index in [1.54, 1.807) is 12.2 Å². The van der Waals surface area contributed by atoms with Gasteiger partial charge in [0.05, 0.1) is 23.5 Å². The first-order valence-corrected chi connectivity index (χ1v) is 10.3. The highest BCUT2D eigenvalue weighted by Gasteiger charge is 2.35. The highest BCUT2D eigenvalue weighted by Crippen LogP contribution is 2.43. The van der Waals surface area contributed by atoms with Crippen LogP contribution < -0.4 is 5.73 Å². The second kappa shape index (κ2) is 8.14. The van der Waals surface area contributed by atoms with E-state index in [2.05, 4.69) is 4.98 Å². The van der Waals surface area contributed by atoms with Crippen molar-refractivity contribution in [2.75, 3.05) is 6.54 Å². The third-order valence-electron chi connectivity index (χ3n) is 5.96. The number of aryl methyl sites for hydroxylation is 1. The number of allylic oxidation sites excluding steroid dienone is 5. The van der Waals surface area contributed by atoms with Gasteiger partial charge in [-0.3, -0.25) is 4.98 Å². The number of rotatable bonds is 6. The van der Waals surface area contributed by atoms with Crippen molar-refractivity contribution in [3.63, 3.8) is 0 Å². The van der Waals surface area contributed by atoms with Gasteiger partial charge in [-0.2, -0.15) is 0 Å². The number of aromatic nitrogens is 1. The number of nitrogens with two attached hydrogens (primary N) is 1. The van der Waals surface area contributed by atoms with Crippen molar-refractivity contribution in [3.8, 4) is 0 Å². The number of halogens is 2. The fourth-order valence-electron chi connectivity index (χ4n) is 4.50. The van der Waals surface area contributed by atoms with E-state index in [1.165, 1.54) is 24.4 Å². The molecular formula is C23H25F2N3O2. The van der Waals surface area contributed by atoms with Gasteiger partial charge < -0.3 is 15.7 Å². The van der Waals surface area contributed by atoms with Gasteiger partial charge in [-0.05, 0) is 62.0 Å². The van der Waals surface area contributed by atoms with Gasteiger partial charge in [0.2, 0.25) is 0 Å². The van der Waals surface area contributed by atoms with E-state index in [0.29, 0.717) is 24.2 Å². The second-order valence-corrected chi connectivity index (χ2v) is 8.16. The average molecular weight is 413 g/mol. The lowest BCUT2D eigenvalue weighted by atomic mass is 9.92. The van der Waals surface area contributed by atoms with Gasteiger partial charge in [0, 0.05) is 24.2 Å². The molecule has 4 rings (SSSR count). The van der Waals surface area contributed by atoms with E-state index in [0.717, 1.165) is 30.5 Å². The zero-order chi connectivity index (χ0) is 21.4. The van der Waals surface area contributed by atoms with Gasteiger partial charge in [0.15, 0.2) is 0 Å². The molecule has 158 valence electrons. The molecule has 0 bridgehead atoms. The minimum absolute atomic E-state index is 0.000934. The van der Waals surface area contributed by atoms with Crippen LogP contribution >= 0.6 is 0 Å². The van der Waals surface area contributed by atoms with E-state index >= 15 is 4.39 Å². The van der Waals surface area contributed by atoms with E-state index in [-0.39, 0.29) is 29.4 Å². The predicted molar refractivity (Wildman–Crippen MR) is 109 cm³/mol. The van der Waals surface area contributed by atoms with Crippen LogP contribution in [0.5, 0.6) is 0 Å². The van der Waals surface area contributed by atoms with Crippen LogP contribution in [0.15, 0.2) is 59.2 Å². The van der Waals surface area contributed by atoms with Crippen molar-refractivity contribution >= 4 is 5.97 Å². The standard InChI is InChI=1S/C23H25F2N3O2/c1-13(26)4-7-20-18(10-15(24)12-27-20)21-3-2-8-28(21)22-11-17-14(9-19(22)25)5-6-16(17)23(29)30/h5-6,9-14,21H,2-4,7-8,26H2,1H3,(H,29,30)/t13-,14?,21?/m1/s1. The minimum Gasteiger partial charge on any atom is -0.478 e. The Bertz CT molecular complexity index is 994. The van der Waals surface area contributed by atoms with Crippen molar-refractivity contribution in [1.82, 2.24) is 9.88 Å². The number of pyridine rings is 1. The zero-order valence-electron chi connectivity index (χ0n) is 16.8. The van der Waals surface area contributed by atoms with Crippen LogP contribution in [0.3, 0.4) is 0 Å². The lowest BCUT2D eigenvalue weighted by Crippen LogP contribution is -2.26. The van der Waals surface area contributed by atoms with Gasteiger partial charge in [-0.25, -0.2) is 13.6 Å². The van der Waals surface area contributed by atoms with Crippen LogP contribution in [0.2, 0.25) is 0 Å². The van der Waals surface area contributed by atoms with Crippen molar-refractivity contribution < 1.29 is 18.7 Å². The maximum absolute atomic E-state index is 15.0. The third kappa shape index (κ3) is 3.81. The number of aliphatic carboxylic acids is 1. The summed E-state index contributed by atoms with van der Waals surface area (Å²) in [5.74, 6) is -2.20. The smallest absolute Gasteiger partial charge is 0.335 e. The van der Waals surface area contributed by atoms with Crippen LogP contribution in [0.1, 0.15) is 43.5 Å². The van der Waals surface area contributed by atoms with Gasteiger partial charge in [0.1, 0.15) is 11.6 Å². The summed E-state index contributed by atoms with van der Waals surface area (Å²) < 4.78 is 29.1. The molecule has 0 saturated carbocycles. The van der Waals surface area contributed by atoms with Crippen molar-refractivity contribution in [3.05, 3.63) is 76.3 Å². The molecule has 1 aromatic heterocycles. The predicted octanol–water partition coefficient (Wildman–Crippen LogP) is 3.96. The summed E-state index contributed by atoms with van der Waals surface area (Å²) in [4.78, 5) is 17.7. The van der Waals surface area contributed by atoms with Gasteiger partial charge >= 0.3 is 5.97 Å². The Balaban J connectivity index is 1.71. The SMILES string of the molecule is C[C@@H](N)CCc1ncc(F)cc1C1CCCN1C1=CC2=C(C(=O)O)C=CC2C=C1F. The van der Waals surface area contributed by atoms with E-state index in [9.17, 15) is 14.3 Å². The highest BCUT2D eigenvalue weighted by atomic mass is 19.1. The molecule has 0 amide bonds. The Morgan fingerprint density at radius 1 is 1.43 bits per heavy atom. The normalized spacial score (nSPS) is 24.1. The molecule has 1 aliphatic heterocycles. The molecule has 5 nitrogen and oxygen atoms in total. The molecule has 3 N–H and O–H groups in total. The second-order valence-electron chi connectivity index (χ2n) is 8.16. The molecule has 0 spiro atoms. The van der Waals surface area contributed by atoms with Crippen molar-refractivity contribution in [2.45, 2.75) is 44.7 Å². The Hall–Kier alpha value is -2.80. The quantitative estimate of drug-likeness (QED) is 0.738. The van der Waals surface area contributed by atoms with Gasteiger partial charge in [-0.15, -0.1) is 0 Å². The average Bonchev–Trinajstić information content (AvgIpc) is 3.32. The summed E-state index contributed by atoms with van der Waals surface area (Å²) >= 11 is 0. The number of nitrogens with zero attached hydrogens (tertiary/aromatic N) is 2. The first kappa shape index (κ1) is 20.5.